The molecular formula is C21H28N2O. The van der Waals surface area contributed by atoms with Crippen molar-refractivity contribution in [2.75, 3.05) is 32.5 Å². The highest BCUT2D eigenvalue weighted by molar-refractivity contribution is 5.39. The van der Waals surface area contributed by atoms with E-state index in [4.69, 9.17) is 10.5 Å². The summed E-state index contributed by atoms with van der Waals surface area (Å²) in [7, 11) is 1.74. The van der Waals surface area contributed by atoms with Crippen LogP contribution in [0, 0.1) is 0 Å². The SMILES string of the molecule is CCCC1(c2cccc(OC)c2)CN(CCc2ccc(N)cc2)C1. The molecule has 24 heavy (non-hydrogen) atoms. The van der Waals surface area contributed by atoms with Crippen molar-refractivity contribution in [2.24, 2.45) is 0 Å². The molecule has 1 aliphatic rings. The zero-order valence-corrected chi connectivity index (χ0v) is 14.8. The van der Waals surface area contributed by atoms with Gasteiger partial charge >= 0.3 is 0 Å². The third-order valence-electron chi connectivity index (χ3n) is 5.16. The van der Waals surface area contributed by atoms with Crippen LogP contribution in [0.1, 0.15) is 30.9 Å². The highest BCUT2D eigenvalue weighted by Crippen LogP contribution is 2.39. The molecule has 3 rings (SSSR count). The van der Waals surface area contributed by atoms with Crippen LogP contribution in [0.15, 0.2) is 48.5 Å². The number of hydrogen-bond donors (Lipinski definition) is 1. The van der Waals surface area contributed by atoms with Crippen LogP contribution in [0.5, 0.6) is 5.75 Å². The van der Waals surface area contributed by atoms with E-state index in [0.717, 1.165) is 37.5 Å². The molecule has 1 aliphatic heterocycles. The first kappa shape index (κ1) is 16.8. The van der Waals surface area contributed by atoms with Gasteiger partial charge in [0.25, 0.3) is 0 Å². The Morgan fingerprint density at radius 3 is 2.54 bits per heavy atom. The van der Waals surface area contributed by atoms with Crippen LogP contribution < -0.4 is 10.5 Å². The van der Waals surface area contributed by atoms with Gasteiger partial charge in [-0.2, -0.15) is 0 Å². The molecule has 0 amide bonds. The Kier molecular flexibility index (Phi) is 5.10. The van der Waals surface area contributed by atoms with Crippen molar-refractivity contribution < 1.29 is 4.74 Å². The van der Waals surface area contributed by atoms with Gasteiger partial charge in [-0.3, -0.25) is 0 Å². The summed E-state index contributed by atoms with van der Waals surface area (Å²) in [5.74, 6) is 0.961. The lowest BCUT2D eigenvalue weighted by Crippen LogP contribution is -2.59. The molecule has 0 aliphatic carbocycles. The number of nitrogens with zero attached hydrogens (tertiary/aromatic N) is 1. The number of benzene rings is 2. The zero-order valence-electron chi connectivity index (χ0n) is 14.8. The summed E-state index contributed by atoms with van der Waals surface area (Å²) in [6.07, 6.45) is 3.53. The van der Waals surface area contributed by atoms with Gasteiger partial charge in [0.15, 0.2) is 0 Å². The molecule has 0 unspecified atom stereocenters. The highest BCUT2D eigenvalue weighted by atomic mass is 16.5. The van der Waals surface area contributed by atoms with Crippen LogP contribution in [0.25, 0.3) is 0 Å². The number of nitrogens with two attached hydrogens (primary N) is 1. The fourth-order valence-corrected chi connectivity index (χ4v) is 3.86. The van der Waals surface area contributed by atoms with E-state index in [1.54, 1.807) is 7.11 Å². The van der Waals surface area contributed by atoms with Crippen LogP contribution in [0.3, 0.4) is 0 Å². The van der Waals surface area contributed by atoms with Crippen LogP contribution in [0.4, 0.5) is 5.69 Å². The molecule has 0 saturated carbocycles. The van der Waals surface area contributed by atoms with E-state index < -0.39 is 0 Å². The lowest BCUT2D eigenvalue weighted by Gasteiger charge is -2.51. The first-order valence-corrected chi connectivity index (χ1v) is 8.86. The first-order valence-electron chi connectivity index (χ1n) is 8.86. The van der Waals surface area contributed by atoms with Crippen LogP contribution in [0.2, 0.25) is 0 Å². The Morgan fingerprint density at radius 2 is 1.88 bits per heavy atom. The van der Waals surface area contributed by atoms with Gasteiger partial charge in [0.1, 0.15) is 5.75 Å². The average Bonchev–Trinajstić information content (AvgIpc) is 2.58. The van der Waals surface area contributed by atoms with Crippen molar-refractivity contribution in [3.8, 4) is 5.75 Å². The van der Waals surface area contributed by atoms with Gasteiger partial charge in [-0.1, -0.05) is 37.6 Å². The number of nitrogen functional groups attached to an aromatic ring is 1. The maximum Gasteiger partial charge on any atom is 0.119 e. The number of rotatable bonds is 7. The number of ether oxygens (including phenoxy) is 1. The predicted octanol–water partition coefficient (Wildman–Crippen LogP) is 3.87. The van der Waals surface area contributed by atoms with Gasteiger partial charge < -0.3 is 15.4 Å². The molecule has 0 radical (unpaired) electrons. The van der Waals surface area contributed by atoms with Crippen molar-refractivity contribution in [1.29, 1.82) is 0 Å². The summed E-state index contributed by atoms with van der Waals surface area (Å²) in [6.45, 7) is 5.67. The number of hydrogen-bond acceptors (Lipinski definition) is 3. The molecule has 3 heteroatoms. The molecular weight excluding hydrogens is 296 g/mol. The Labute approximate surface area is 145 Å². The predicted molar refractivity (Wildman–Crippen MR) is 101 cm³/mol. The first-order chi connectivity index (χ1) is 11.6. The standard InChI is InChI=1S/C21H28N2O/c1-3-12-21(18-5-4-6-20(14-18)24-2)15-23(16-21)13-11-17-7-9-19(22)10-8-17/h4-10,14H,3,11-13,15-16,22H2,1-2H3. The van der Waals surface area contributed by atoms with Gasteiger partial charge in [0.2, 0.25) is 0 Å². The fraction of sp³-hybridized carbons (Fsp3) is 0.429. The summed E-state index contributed by atoms with van der Waals surface area (Å²) < 4.78 is 5.41. The Hall–Kier alpha value is -2.00. The van der Waals surface area contributed by atoms with Crippen LogP contribution in [-0.2, 0) is 11.8 Å². The number of anilines is 1. The average molecular weight is 324 g/mol. The molecule has 2 N–H and O–H groups in total. The number of methoxy groups -OCH3 is 1. The second kappa shape index (κ2) is 7.27. The zero-order chi connectivity index (χ0) is 17.0. The van der Waals surface area contributed by atoms with E-state index in [1.165, 1.54) is 24.0 Å². The smallest absolute Gasteiger partial charge is 0.119 e. The molecule has 0 spiro atoms. The topological polar surface area (TPSA) is 38.5 Å². The monoisotopic (exact) mass is 324 g/mol. The van der Waals surface area contributed by atoms with E-state index in [1.807, 2.05) is 18.2 Å². The van der Waals surface area contributed by atoms with Gasteiger partial charge in [-0.25, -0.2) is 0 Å². The van der Waals surface area contributed by atoms with E-state index in [0.29, 0.717) is 5.41 Å². The van der Waals surface area contributed by atoms with E-state index in [2.05, 4.69) is 42.2 Å². The third kappa shape index (κ3) is 3.57. The third-order valence-corrected chi connectivity index (χ3v) is 5.16. The fourth-order valence-electron chi connectivity index (χ4n) is 3.86. The summed E-state index contributed by atoms with van der Waals surface area (Å²) in [5, 5.41) is 0. The van der Waals surface area contributed by atoms with E-state index in [-0.39, 0.29) is 0 Å². The lowest BCUT2D eigenvalue weighted by atomic mass is 9.70. The molecule has 0 aromatic heterocycles. The van der Waals surface area contributed by atoms with Crippen molar-refractivity contribution in [3.05, 3.63) is 59.7 Å². The maximum absolute atomic E-state index is 5.76. The Bertz CT molecular complexity index is 660. The van der Waals surface area contributed by atoms with Crippen molar-refractivity contribution in [2.45, 2.75) is 31.6 Å². The summed E-state index contributed by atoms with van der Waals surface area (Å²) in [5.41, 5.74) is 9.67. The molecule has 2 aromatic carbocycles. The van der Waals surface area contributed by atoms with E-state index >= 15 is 0 Å². The Morgan fingerprint density at radius 1 is 1.12 bits per heavy atom. The maximum atomic E-state index is 5.76. The molecule has 128 valence electrons. The molecule has 2 aromatic rings. The van der Waals surface area contributed by atoms with Crippen molar-refractivity contribution >= 4 is 5.69 Å². The van der Waals surface area contributed by atoms with Gasteiger partial charge in [-0.05, 0) is 48.2 Å². The quantitative estimate of drug-likeness (QED) is 0.786. The summed E-state index contributed by atoms with van der Waals surface area (Å²) in [6, 6.07) is 16.9. The molecule has 3 nitrogen and oxygen atoms in total. The van der Waals surface area contributed by atoms with Crippen LogP contribution in [-0.4, -0.2) is 31.6 Å². The molecule has 1 saturated heterocycles. The number of likely N-dealkylation sites (tertiary alicyclic amines) is 1. The van der Waals surface area contributed by atoms with Crippen LogP contribution >= 0.6 is 0 Å². The minimum absolute atomic E-state index is 0.296. The van der Waals surface area contributed by atoms with Crippen molar-refractivity contribution in [3.63, 3.8) is 0 Å². The second-order valence-electron chi connectivity index (χ2n) is 6.96. The minimum Gasteiger partial charge on any atom is -0.497 e. The summed E-state index contributed by atoms with van der Waals surface area (Å²) in [4.78, 5) is 2.56. The van der Waals surface area contributed by atoms with Gasteiger partial charge in [0, 0.05) is 30.7 Å². The normalized spacial score (nSPS) is 16.6. The largest absolute Gasteiger partial charge is 0.497 e. The van der Waals surface area contributed by atoms with E-state index in [9.17, 15) is 0 Å². The van der Waals surface area contributed by atoms with Crippen molar-refractivity contribution in [1.82, 2.24) is 4.90 Å². The van der Waals surface area contributed by atoms with Gasteiger partial charge in [-0.15, -0.1) is 0 Å². The molecule has 0 bridgehead atoms. The molecule has 1 heterocycles. The Balaban J connectivity index is 1.62. The molecule has 0 atom stereocenters. The minimum atomic E-state index is 0.296. The molecule has 1 fully saturated rings. The van der Waals surface area contributed by atoms with Gasteiger partial charge in [0.05, 0.1) is 7.11 Å². The second-order valence-corrected chi connectivity index (χ2v) is 6.96. The lowest BCUT2D eigenvalue weighted by molar-refractivity contribution is 0.0584. The highest BCUT2D eigenvalue weighted by Gasteiger charge is 2.43. The summed E-state index contributed by atoms with van der Waals surface area (Å²) >= 11 is 0.